The quantitative estimate of drug-likeness (QED) is 0.579. The fourth-order valence-electron chi connectivity index (χ4n) is 1.71. The molecule has 0 spiro atoms. The number of halogens is 1. The summed E-state index contributed by atoms with van der Waals surface area (Å²) in [5.41, 5.74) is 1.10. The highest BCUT2D eigenvalue weighted by Gasteiger charge is 2.11. The van der Waals surface area contributed by atoms with Gasteiger partial charge in [-0.25, -0.2) is 0 Å². The number of ether oxygens (including phenoxy) is 3. The summed E-state index contributed by atoms with van der Waals surface area (Å²) in [6, 6.07) is 3.91. The van der Waals surface area contributed by atoms with Crippen molar-refractivity contribution in [3.63, 3.8) is 0 Å². The molecule has 0 amide bonds. The second kappa shape index (κ2) is 8.81. The van der Waals surface area contributed by atoms with E-state index in [0.717, 1.165) is 16.6 Å². The molecule has 1 aromatic rings. The molecule has 6 heteroatoms. The van der Waals surface area contributed by atoms with Crippen LogP contribution in [0.15, 0.2) is 16.6 Å². The molecule has 0 saturated carbocycles. The van der Waals surface area contributed by atoms with Crippen molar-refractivity contribution in [2.45, 2.75) is 19.4 Å². The minimum absolute atomic E-state index is 0.232. The molecule has 1 rings (SSSR count). The van der Waals surface area contributed by atoms with Crippen molar-refractivity contribution in [1.29, 1.82) is 0 Å². The molecule has 0 radical (unpaired) electrons. The highest BCUT2D eigenvalue weighted by molar-refractivity contribution is 9.10. The van der Waals surface area contributed by atoms with E-state index < -0.39 is 0 Å². The summed E-state index contributed by atoms with van der Waals surface area (Å²) in [6.45, 7) is 1.17. The van der Waals surface area contributed by atoms with Crippen LogP contribution >= 0.6 is 15.9 Å². The summed E-state index contributed by atoms with van der Waals surface area (Å²) in [4.78, 5) is 11.0. The highest BCUT2D eigenvalue weighted by atomic mass is 79.9. The van der Waals surface area contributed by atoms with Crippen LogP contribution < -0.4 is 14.8 Å². The molecule has 0 aliphatic carbocycles. The Bertz CT molecular complexity index is 451. The van der Waals surface area contributed by atoms with Gasteiger partial charge in [-0.2, -0.15) is 0 Å². The molecule has 0 aliphatic rings. The lowest BCUT2D eigenvalue weighted by Crippen LogP contribution is -2.07. The molecule has 0 heterocycles. The predicted octanol–water partition coefficient (Wildman–Crippen LogP) is 2.51. The summed E-state index contributed by atoms with van der Waals surface area (Å²) in [7, 11) is 4.87. The van der Waals surface area contributed by atoms with Gasteiger partial charge < -0.3 is 19.5 Å². The molecule has 112 valence electrons. The molecule has 20 heavy (non-hydrogen) atoms. The molecule has 0 atom stereocenters. The number of hydrogen-bond acceptors (Lipinski definition) is 5. The van der Waals surface area contributed by atoms with Crippen LogP contribution in [0.25, 0.3) is 0 Å². The number of rotatable bonds is 8. The Balaban J connectivity index is 2.66. The lowest BCUT2D eigenvalue weighted by Gasteiger charge is -2.14. The minimum Gasteiger partial charge on any atom is -0.493 e. The average molecular weight is 346 g/mol. The van der Waals surface area contributed by atoms with Gasteiger partial charge in [-0.1, -0.05) is 0 Å². The van der Waals surface area contributed by atoms with E-state index in [2.05, 4.69) is 26.0 Å². The monoisotopic (exact) mass is 345 g/mol. The second-order valence-electron chi connectivity index (χ2n) is 4.17. The van der Waals surface area contributed by atoms with Gasteiger partial charge in [0.25, 0.3) is 0 Å². The third-order valence-corrected chi connectivity index (χ3v) is 3.26. The minimum atomic E-state index is -0.232. The number of nitrogens with one attached hydrogen (secondary N) is 1. The molecule has 0 aromatic heterocycles. The van der Waals surface area contributed by atoms with Gasteiger partial charge in [0.1, 0.15) is 0 Å². The van der Waals surface area contributed by atoms with Crippen LogP contribution in [-0.4, -0.2) is 33.8 Å². The summed E-state index contributed by atoms with van der Waals surface area (Å²) >= 11 is 3.48. The maximum Gasteiger partial charge on any atom is 0.305 e. The normalized spacial score (nSPS) is 10.2. The van der Waals surface area contributed by atoms with E-state index >= 15 is 0 Å². The largest absolute Gasteiger partial charge is 0.493 e. The molecular weight excluding hydrogens is 326 g/mol. The number of methoxy groups -OCH3 is 2. The SMILES string of the molecule is CNCc1cc(Br)c(OCCCC(=O)OC)c(OC)c1. The van der Waals surface area contributed by atoms with E-state index in [0.29, 0.717) is 30.9 Å². The Labute approximate surface area is 127 Å². The van der Waals surface area contributed by atoms with Crippen LogP contribution in [0.2, 0.25) is 0 Å². The molecule has 0 bridgehead atoms. The van der Waals surface area contributed by atoms with Crippen molar-refractivity contribution in [3.8, 4) is 11.5 Å². The topological polar surface area (TPSA) is 56.8 Å². The third kappa shape index (κ3) is 5.02. The van der Waals surface area contributed by atoms with Crippen LogP contribution in [0.5, 0.6) is 11.5 Å². The van der Waals surface area contributed by atoms with Crippen LogP contribution in [0.4, 0.5) is 0 Å². The van der Waals surface area contributed by atoms with Gasteiger partial charge in [0.15, 0.2) is 11.5 Å². The van der Waals surface area contributed by atoms with E-state index in [-0.39, 0.29) is 5.97 Å². The second-order valence-corrected chi connectivity index (χ2v) is 5.02. The molecule has 0 fully saturated rings. The van der Waals surface area contributed by atoms with Crippen molar-refractivity contribution in [2.24, 2.45) is 0 Å². The zero-order valence-corrected chi connectivity index (χ0v) is 13.6. The van der Waals surface area contributed by atoms with E-state index in [4.69, 9.17) is 9.47 Å². The standard InChI is InChI=1S/C14H20BrNO4/c1-16-9-10-7-11(15)14(12(8-10)18-2)20-6-4-5-13(17)19-3/h7-8,16H,4-6,9H2,1-3H3. The Morgan fingerprint density at radius 3 is 2.70 bits per heavy atom. The average Bonchev–Trinajstić information content (AvgIpc) is 2.44. The fourth-order valence-corrected chi connectivity index (χ4v) is 2.32. The highest BCUT2D eigenvalue weighted by Crippen LogP contribution is 2.36. The fraction of sp³-hybridized carbons (Fsp3) is 0.500. The summed E-state index contributed by atoms with van der Waals surface area (Å²) in [6.07, 6.45) is 0.939. The van der Waals surface area contributed by atoms with E-state index in [1.54, 1.807) is 7.11 Å². The molecule has 1 N–H and O–H groups in total. The predicted molar refractivity (Wildman–Crippen MR) is 80.2 cm³/mol. The van der Waals surface area contributed by atoms with Gasteiger partial charge >= 0.3 is 5.97 Å². The first-order valence-electron chi connectivity index (χ1n) is 6.33. The van der Waals surface area contributed by atoms with Gasteiger partial charge in [0, 0.05) is 13.0 Å². The lowest BCUT2D eigenvalue weighted by molar-refractivity contribution is -0.140. The maximum atomic E-state index is 11.0. The molecular formula is C14H20BrNO4. The number of carbonyl (C=O) groups excluding carboxylic acids is 1. The summed E-state index contributed by atoms with van der Waals surface area (Å²) in [5, 5.41) is 3.08. The Kier molecular flexibility index (Phi) is 7.40. The van der Waals surface area contributed by atoms with Gasteiger partial charge in [-0.3, -0.25) is 4.79 Å². The first kappa shape index (κ1) is 16.8. The lowest BCUT2D eigenvalue weighted by atomic mass is 10.2. The van der Waals surface area contributed by atoms with Crippen LogP contribution in [0, 0.1) is 0 Å². The van der Waals surface area contributed by atoms with Crippen molar-refractivity contribution in [1.82, 2.24) is 5.32 Å². The number of carbonyl (C=O) groups is 1. The number of hydrogen-bond donors (Lipinski definition) is 1. The third-order valence-electron chi connectivity index (χ3n) is 2.67. The zero-order valence-electron chi connectivity index (χ0n) is 12.0. The molecule has 0 unspecified atom stereocenters. The van der Waals surface area contributed by atoms with Crippen molar-refractivity contribution in [2.75, 3.05) is 27.9 Å². The Morgan fingerprint density at radius 2 is 2.10 bits per heavy atom. The van der Waals surface area contributed by atoms with Crippen LogP contribution in [0.1, 0.15) is 18.4 Å². The van der Waals surface area contributed by atoms with Crippen LogP contribution in [-0.2, 0) is 16.1 Å². The Hall–Kier alpha value is -1.27. The number of benzene rings is 1. The zero-order chi connectivity index (χ0) is 15.0. The van der Waals surface area contributed by atoms with E-state index in [1.165, 1.54) is 7.11 Å². The summed E-state index contributed by atoms with van der Waals surface area (Å²) < 4.78 is 16.4. The molecule has 0 aliphatic heterocycles. The molecule has 0 saturated heterocycles. The van der Waals surface area contributed by atoms with Crippen molar-refractivity contribution >= 4 is 21.9 Å². The molecule has 5 nitrogen and oxygen atoms in total. The first-order chi connectivity index (χ1) is 9.62. The van der Waals surface area contributed by atoms with Gasteiger partial charge in [-0.15, -0.1) is 0 Å². The Morgan fingerprint density at radius 1 is 1.35 bits per heavy atom. The van der Waals surface area contributed by atoms with Gasteiger partial charge in [0.05, 0.1) is 25.3 Å². The first-order valence-corrected chi connectivity index (χ1v) is 7.12. The van der Waals surface area contributed by atoms with Gasteiger partial charge in [0.2, 0.25) is 0 Å². The number of esters is 1. The van der Waals surface area contributed by atoms with Crippen LogP contribution in [0.3, 0.4) is 0 Å². The van der Waals surface area contributed by atoms with E-state index in [1.807, 2.05) is 19.2 Å². The molecule has 1 aromatic carbocycles. The smallest absolute Gasteiger partial charge is 0.305 e. The summed E-state index contributed by atoms with van der Waals surface area (Å²) in [5.74, 6) is 1.09. The maximum absolute atomic E-state index is 11.0. The van der Waals surface area contributed by atoms with E-state index in [9.17, 15) is 4.79 Å². The van der Waals surface area contributed by atoms with Crippen molar-refractivity contribution in [3.05, 3.63) is 22.2 Å². The van der Waals surface area contributed by atoms with Gasteiger partial charge in [-0.05, 0) is 47.1 Å². The van der Waals surface area contributed by atoms with Crippen molar-refractivity contribution < 1.29 is 19.0 Å².